The summed E-state index contributed by atoms with van der Waals surface area (Å²) in [6, 6.07) is 0. The van der Waals surface area contributed by atoms with E-state index in [4.69, 9.17) is 0 Å². The molecule has 0 aromatic rings. The molecular weight excluding hydrogens is 120 g/mol. The topological polar surface area (TPSA) is 0 Å². The van der Waals surface area contributed by atoms with Crippen LogP contribution in [0.3, 0.4) is 0 Å². The highest BCUT2D eigenvalue weighted by Crippen LogP contribution is 2.19. The summed E-state index contributed by atoms with van der Waals surface area (Å²) in [5.41, 5.74) is 1.60. The molecule has 1 aliphatic carbocycles. The third-order valence-electron chi connectivity index (χ3n) is 1.93. The second-order valence-electron chi connectivity index (χ2n) is 2.78. The fraction of sp³-hybridized carbons (Fsp3) is 0.500. The Morgan fingerprint density at radius 1 is 1.50 bits per heavy atom. The number of hydrogen-bond donors (Lipinski definition) is 0. The van der Waals surface area contributed by atoms with E-state index < -0.39 is 0 Å². The quantitative estimate of drug-likeness (QED) is 0.510. The van der Waals surface area contributed by atoms with Gasteiger partial charge in [0, 0.05) is 0 Å². The molecule has 0 bridgehead atoms. The van der Waals surface area contributed by atoms with Crippen LogP contribution >= 0.6 is 0 Å². The van der Waals surface area contributed by atoms with Crippen molar-refractivity contribution >= 4 is 0 Å². The van der Waals surface area contributed by atoms with E-state index in [1.807, 2.05) is 6.08 Å². The molecule has 0 spiro atoms. The summed E-state index contributed by atoms with van der Waals surface area (Å²) in [6.45, 7) is 3.66. The van der Waals surface area contributed by atoms with Crippen molar-refractivity contribution in [2.24, 2.45) is 0 Å². The van der Waals surface area contributed by atoms with E-state index >= 15 is 0 Å². The SMILES string of the molecule is [CH2]C=CCC1=CCCCC1. The van der Waals surface area contributed by atoms with E-state index in [1.165, 1.54) is 25.7 Å². The van der Waals surface area contributed by atoms with Crippen LogP contribution in [0, 0.1) is 6.92 Å². The minimum absolute atomic E-state index is 1.13. The zero-order chi connectivity index (χ0) is 7.23. The summed E-state index contributed by atoms with van der Waals surface area (Å²) in [7, 11) is 0. The largest absolute Gasteiger partial charge is 0.0879 e. The molecule has 0 saturated carbocycles. The smallest absolute Gasteiger partial charge is 0.0139 e. The number of hydrogen-bond acceptors (Lipinski definition) is 0. The maximum atomic E-state index is 3.66. The highest BCUT2D eigenvalue weighted by Gasteiger charge is 1.99. The lowest BCUT2D eigenvalue weighted by molar-refractivity contribution is 0.691. The summed E-state index contributed by atoms with van der Waals surface area (Å²) in [5, 5.41) is 0. The Kier molecular flexibility index (Phi) is 3.28. The van der Waals surface area contributed by atoms with Gasteiger partial charge in [-0.1, -0.05) is 23.8 Å². The second kappa shape index (κ2) is 4.32. The molecule has 0 heterocycles. The second-order valence-corrected chi connectivity index (χ2v) is 2.78. The monoisotopic (exact) mass is 135 g/mol. The Morgan fingerprint density at radius 2 is 2.40 bits per heavy atom. The first-order valence-electron chi connectivity index (χ1n) is 4.05. The fourth-order valence-electron chi connectivity index (χ4n) is 1.32. The third kappa shape index (κ3) is 2.38. The molecule has 0 aromatic heterocycles. The van der Waals surface area contributed by atoms with E-state index in [0.717, 1.165) is 6.42 Å². The molecule has 0 amide bonds. The molecule has 0 heteroatoms. The lowest BCUT2D eigenvalue weighted by Gasteiger charge is -2.09. The first-order chi connectivity index (χ1) is 4.93. The molecule has 0 N–H and O–H groups in total. The van der Waals surface area contributed by atoms with E-state index in [0.29, 0.717) is 0 Å². The average Bonchev–Trinajstić information content (AvgIpc) is 2.03. The third-order valence-corrected chi connectivity index (χ3v) is 1.93. The molecule has 55 valence electrons. The normalized spacial score (nSPS) is 19.5. The van der Waals surface area contributed by atoms with Crippen LogP contribution in [-0.4, -0.2) is 0 Å². The van der Waals surface area contributed by atoms with Crippen LogP contribution in [0.1, 0.15) is 32.1 Å². The van der Waals surface area contributed by atoms with Crippen LogP contribution in [-0.2, 0) is 0 Å². The van der Waals surface area contributed by atoms with E-state index in [2.05, 4.69) is 19.1 Å². The molecule has 0 aromatic carbocycles. The number of rotatable bonds is 2. The van der Waals surface area contributed by atoms with Crippen LogP contribution in [0.25, 0.3) is 0 Å². The Labute approximate surface area is 63.6 Å². The van der Waals surface area contributed by atoms with E-state index in [9.17, 15) is 0 Å². The van der Waals surface area contributed by atoms with Crippen LogP contribution in [0.4, 0.5) is 0 Å². The van der Waals surface area contributed by atoms with Crippen molar-refractivity contribution in [3.63, 3.8) is 0 Å². The van der Waals surface area contributed by atoms with Crippen molar-refractivity contribution in [1.29, 1.82) is 0 Å². The molecule has 1 radical (unpaired) electrons. The van der Waals surface area contributed by atoms with Gasteiger partial charge in [0.15, 0.2) is 0 Å². The van der Waals surface area contributed by atoms with Gasteiger partial charge in [-0.2, -0.15) is 0 Å². The molecule has 0 unspecified atom stereocenters. The Hall–Kier alpha value is -0.520. The first-order valence-corrected chi connectivity index (χ1v) is 4.05. The first kappa shape index (κ1) is 7.59. The fourth-order valence-corrected chi connectivity index (χ4v) is 1.32. The predicted octanol–water partition coefficient (Wildman–Crippen LogP) is 3.27. The summed E-state index contributed by atoms with van der Waals surface area (Å²) >= 11 is 0. The van der Waals surface area contributed by atoms with E-state index in [1.54, 1.807) is 5.57 Å². The molecule has 0 atom stereocenters. The summed E-state index contributed by atoms with van der Waals surface area (Å²) in [6.07, 6.45) is 12.9. The lowest BCUT2D eigenvalue weighted by atomic mass is 9.97. The number of allylic oxidation sites excluding steroid dienone is 4. The van der Waals surface area contributed by atoms with Gasteiger partial charge in [-0.05, 0) is 39.0 Å². The van der Waals surface area contributed by atoms with Gasteiger partial charge < -0.3 is 0 Å². The molecular formula is C10H15. The lowest BCUT2D eigenvalue weighted by Crippen LogP contribution is -1.89. The Morgan fingerprint density at radius 3 is 3.00 bits per heavy atom. The van der Waals surface area contributed by atoms with Crippen molar-refractivity contribution < 1.29 is 0 Å². The predicted molar refractivity (Wildman–Crippen MR) is 45.7 cm³/mol. The standard InChI is InChI=1S/C10H15/c1-2-3-7-10-8-5-4-6-9-10/h2-3,8H,1,4-7,9H2. The average molecular weight is 135 g/mol. The minimum atomic E-state index is 1.13. The van der Waals surface area contributed by atoms with Gasteiger partial charge in [0.1, 0.15) is 0 Å². The van der Waals surface area contributed by atoms with Gasteiger partial charge in [0.25, 0.3) is 0 Å². The summed E-state index contributed by atoms with van der Waals surface area (Å²) in [5.74, 6) is 0. The zero-order valence-electron chi connectivity index (χ0n) is 6.47. The van der Waals surface area contributed by atoms with E-state index in [-0.39, 0.29) is 0 Å². The molecule has 1 aliphatic rings. The highest BCUT2D eigenvalue weighted by atomic mass is 14.1. The summed E-state index contributed by atoms with van der Waals surface area (Å²) < 4.78 is 0. The van der Waals surface area contributed by atoms with Crippen molar-refractivity contribution in [3.8, 4) is 0 Å². The molecule has 1 rings (SSSR count). The summed E-state index contributed by atoms with van der Waals surface area (Å²) in [4.78, 5) is 0. The van der Waals surface area contributed by atoms with Gasteiger partial charge in [0.2, 0.25) is 0 Å². The van der Waals surface area contributed by atoms with Gasteiger partial charge in [0.05, 0.1) is 0 Å². The van der Waals surface area contributed by atoms with Crippen molar-refractivity contribution in [2.75, 3.05) is 0 Å². The highest BCUT2D eigenvalue weighted by molar-refractivity contribution is 5.09. The van der Waals surface area contributed by atoms with Crippen LogP contribution in [0.2, 0.25) is 0 Å². The van der Waals surface area contributed by atoms with Crippen molar-refractivity contribution in [1.82, 2.24) is 0 Å². The van der Waals surface area contributed by atoms with Crippen LogP contribution < -0.4 is 0 Å². The van der Waals surface area contributed by atoms with Gasteiger partial charge in [-0.3, -0.25) is 0 Å². The van der Waals surface area contributed by atoms with Gasteiger partial charge >= 0.3 is 0 Å². The van der Waals surface area contributed by atoms with Crippen molar-refractivity contribution in [3.05, 3.63) is 30.7 Å². The minimum Gasteiger partial charge on any atom is -0.0879 e. The van der Waals surface area contributed by atoms with Gasteiger partial charge in [-0.25, -0.2) is 0 Å². The Balaban J connectivity index is 2.31. The Bertz CT molecular complexity index is 140. The van der Waals surface area contributed by atoms with Crippen LogP contribution in [0.5, 0.6) is 0 Å². The van der Waals surface area contributed by atoms with Gasteiger partial charge in [-0.15, -0.1) is 0 Å². The molecule has 0 aliphatic heterocycles. The zero-order valence-corrected chi connectivity index (χ0v) is 6.47. The van der Waals surface area contributed by atoms with Crippen molar-refractivity contribution in [2.45, 2.75) is 32.1 Å². The van der Waals surface area contributed by atoms with Crippen LogP contribution in [0.15, 0.2) is 23.8 Å². The molecule has 10 heavy (non-hydrogen) atoms. The molecule has 0 saturated heterocycles. The maximum absolute atomic E-state index is 3.66. The maximum Gasteiger partial charge on any atom is -0.0139 e. The molecule has 0 fully saturated rings. The molecule has 0 nitrogen and oxygen atoms in total.